The van der Waals surface area contributed by atoms with Crippen molar-refractivity contribution in [2.45, 2.75) is 6.92 Å². The number of nitrogens with zero attached hydrogens (tertiary/aromatic N) is 2. The van der Waals surface area contributed by atoms with Crippen LogP contribution in [0.2, 0.25) is 0 Å². The zero-order chi connectivity index (χ0) is 13.0. The number of benzene rings is 1. The smallest absolute Gasteiger partial charge is 0.0437 e. The Morgan fingerprint density at radius 3 is 2.89 bits per heavy atom. The fourth-order valence-electron chi connectivity index (χ4n) is 1.91. The summed E-state index contributed by atoms with van der Waals surface area (Å²) in [7, 11) is 2.12. The van der Waals surface area contributed by atoms with Crippen LogP contribution in [0, 0.1) is 0 Å². The molecule has 0 fully saturated rings. The summed E-state index contributed by atoms with van der Waals surface area (Å²) in [4.78, 5) is 6.44. The third kappa shape index (κ3) is 2.71. The van der Waals surface area contributed by atoms with Gasteiger partial charge in [-0.3, -0.25) is 4.98 Å². The van der Waals surface area contributed by atoms with E-state index in [9.17, 15) is 0 Å². The van der Waals surface area contributed by atoms with Gasteiger partial charge in [0.1, 0.15) is 0 Å². The lowest BCUT2D eigenvalue weighted by atomic mass is 10.1. The highest BCUT2D eigenvalue weighted by Crippen LogP contribution is 2.27. The minimum atomic E-state index is 0.795. The zero-order valence-electron chi connectivity index (χ0n) is 11.0. The van der Waals surface area contributed by atoms with E-state index in [1.165, 1.54) is 0 Å². The van der Waals surface area contributed by atoms with E-state index in [1.54, 1.807) is 6.20 Å². The van der Waals surface area contributed by atoms with Crippen molar-refractivity contribution >= 4 is 22.1 Å². The lowest BCUT2D eigenvalue weighted by molar-refractivity contribution is 0.367. The van der Waals surface area contributed by atoms with Crippen LogP contribution in [0.15, 0.2) is 30.6 Å². The van der Waals surface area contributed by atoms with E-state index in [2.05, 4.69) is 29.2 Å². The summed E-state index contributed by atoms with van der Waals surface area (Å²) >= 11 is 0. The molecule has 0 spiro atoms. The van der Waals surface area contributed by atoms with Gasteiger partial charge in [0.05, 0.1) is 0 Å². The van der Waals surface area contributed by atoms with Crippen LogP contribution >= 0.6 is 0 Å². The lowest BCUT2D eigenvalue weighted by Gasteiger charge is -2.16. The lowest BCUT2D eigenvalue weighted by Crippen LogP contribution is -2.24. The Kier molecular flexibility index (Phi) is 3.99. The molecule has 0 aliphatic carbocycles. The first-order valence-corrected chi connectivity index (χ1v) is 6.27. The molecule has 1 aromatic carbocycles. The molecule has 0 saturated carbocycles. The van der Waals surface area contributed by atoms with Crippen LogP contribution < -0.4 is 11.1 Å². The van der Waals surface area contributed by atoms with Gasteiger partial charge in [0, 0.05) is 47.6 Å². The number of nitrogen functional groups attached to an aromatic ring is 1. The molecule has 2 rings (SSSR count). The highest BCUT2D eigenvalue weighted by molar-refractivity contribution is 6.00. The molecule has 3 N–H and O–H groups in total. The minimum absolute atomic E-state index is 0.795. The SMILES string of the molecule is CCN(C)CCNc1ccc(N)c2ccncc12. The van der Waals surface area contributed by atoms with Crippen LogP contribution in [0.1, 0.15) is 6.92 Å². The summed E-state index contributed by atoms with van der Waals surface area (Å²) in [6, 6.07) is 5.91. The second-order valence-electron chi connectivity index (χ2n) is 4.45. The van der Waals surface area contributed by atoms with E-state index in [-0.39, 0.29) is 0 Å². The quantitative estimate of drug-likeness (QED) is 0.792. The molecule has 2 aromatic rings. The van der Waals surface area contributed by atoms with Crippen molar-refractivity contribution in [1.82, 2.24) is 9.88 Å². The molecule has 0 aliphatic heterocycles. The predicted octanol–water partition coefficient (Wildman–Crippen LogP) is 2.18. The minimum Gasteiger partial charge on any atom is -0.398 e. The number of hydrogen-bond donors (Lipinski definition) is 2. The molecular formula is C14H20N4. The second-order valence-corrected chi connectivity index (χ2v) is 4.45. The molecule has 1 aromatic heterocycles. The van der Waals surface area contributed by atoms with Gasteiger partial charge in [-0.25, -0.2) is 0 Å². The molecule has 1 heterocycles. The van der Waals surface area contributed by atoms with Crippen molar-refractivity contribution in [1.29, 1.82) is 0 Å². The highest BCUT2D eigenvalue weighted by atomic mass is 15.1. The van der Waals surface area contributed by atoms with Crippen molar-refractivity contribution in [3.05, 3.63) is 30.6 Å². The highest BCUT2D eigenvalue weighted by Gasteiger charge is 2.03. The molecule has 0 unspecified atom stereocenters. The Hall–Kier alpha value is -1.81. The maximum atomic E-state index is 5.96. The number of nitrogens with two attached hydrogens (primary N) is 1. The van der Waals surface area contributed by atoms with E-state index in [0.717, 1.165) is 41.8 Å². The number of hydrogen-bond acceptors (Lipinski definition) is 4. The monoisotopic (exact) mass is 244 g/mol. The number of likely N-dealkylation sites (N-methyl/N-ethyl adjacent to an activating group) is 1. The molecule has 18 heavy (non-hydrogen) atoms. The molecule has 4 heteroatoms. The Balaban J connectivity index is 2.16. The standard InChI is InChI=1S/C14H20N4/c1-3-18(2)9-8-17-14-5-4-13(15)11-6-7-16-10-12(11)14/h4-7,10,17H,3,8-9,15H2,1-2H3. The predicted molar refractivity (Wildman–Crippen MR) is 77.8 cm³/mol. The van der Waals surface area contributed by atoms with E-state index in [1.807, 2.05) is 24.4 Å². The third-order valence-electron chi connectivity index (χ3n) is 3.20. The zero-order valence-corrected chi connectivity index (χ0v) is 11.0. The van der Waals surface area contributed by atoms with Gasteiger partial charge in [-0.1, -0.05) is 6.92 Å². The van der Waals surface area contributed by atoms with Crippen LogP contribution in [0.5, 0.6) is 0 Å². The van der Waals surface area contributed by atoms with Crippen molar-refractivity contribution in [3.8, 4) is 0 Å². The summed E-state index contributed by atoms with van der Waals surface area (Å²) < 4.78 is 0. The number of aromatic nitrogens is 1. The molecule has 0 bridgehead atoms. The van der Waals surface area contributed by atoms with Crippen LogP contribution in [-0.4, -0.2) is 36.6 Å². The largest absolute Gasteiger partial charge is 0.398 e. The van der Waals surface area contributed by atoms with E-state index in [0.29, 0.717) is 0 Å². The topological polar surface area (TPSA) is 54.2 Å². The first kappa shape index (κ1) is 12.6. The molecule has 0 atom stereocenters. The Morgan fingerprint density at radius 2 is 2.11 bits per heavy atom. The van der Waals surface area contributed by atoms with Gasteiger partial charge in [-0.2, -0.15) is 0 Å². The molecule has 4 nitrogen and oxygen atoms in total. The molecule has 0 saturated heterocycles. The maximum absolute atomic E-state index is 5.96. The normalized spacial score (nSPS) is 11.1. The van der Waals surface area contributed by atoms with Crippen LogP contribution in [0.4, 0.5) is 11.4 Å². The second kappa shape index (κ2) is 5.69. The van der Waals surface area contributed by atoms with Crippen molar-refractivity contribution < 1.29 is 0 Å². The van der Waals surface area contributed by atoms with E-state index < -0.39 is 0 Å². The molecule has 0 aliphatic rings. The molecule has 0 amide bonds. The summed E-state index contributed by atoms with van der Waals surface area (Å²) in [6.07, 6.45) is 3.63. The van der Waals surface area contributed by atoms with Gasteiger partial charge in [0.25, 0.3) is 0 Å². The first-order chi connectivity index (χ1) is 8.72. The fraction of sp³-hybridized carbons (Fsp3) is 0.357. The first-order valence-electron chi connectivity index (χ1n) is 6.27. The average Bonchev–Trinajstić information content (AvgIpc) is 2.41. The van der Waals surface area contributed by atoms with Crippen molar-refractivity contribution in [2.24, 2.45) is 0 Å². The van der Waals surface area contributed by atoms with Gasteiger partial charge in [0.15, 0.2) is 0 Å². The van der Waals surface area contributed by atoms with Crippen molar-refractivity contribution in [2.75, 3.05) is 37.7 Å². The summed E-state index contributed by atoms with van der Waals surface area (Å²) in [5.74, 6) is 0. The van der Waals surface area contributed by atoms with Crippen LogP contribution in [0.25, 0.3) is 10.8 Å². The van der Waals surface area contributed by atoms with Gasteiger partial charge < -0.3 is 16.0 Å². The van der Waals surface area contributed by atoms with Crippen molar-refractivity contribution in [3.63, 3.8) is 0 Å². The van der Waals surface area contributed by atoms with Gasteiger partial charge >= 0.3 is 0 Å². The summed E-state index contributed by atoms with van der Waals surface area (Å²) in [6.45, 7) is 5.15. The molecule has 96 valence electrons. The van der Waals surface area contributed by atoms with Gasteiger partial charge in [-0.05, 0) is 31.8 Å². The number of anilines is 2. The average molecular weight is 244 g/mol. The van der Waals surface area contributed by atoms with Gasteiger partial charge in [-0.15, -0.1) is 0 Å². The number of fused-ring (bicyclic) bond motifs is 1. The van der Waals surface area contributed by atoms with E-state index in [4.69, 9.17) is 5.73 Å². The third-order valence-corrected chi connectivity index (χ3v) is 3.20. The van der Waals surface area contributed by atoms with Gasteiger partial charge in [0.2, 0.25) is 0 Å². The number of nitrogens with one attached hydrogen (secondary N) is 1. The Labute approximate surface area is 108 Å². The Bertz CT molecular complexity index is 524. The van der Waals surface area contributed by atoms with Crippen LogP contribution in [-0.2, 0) is 0 Å². The maximum Gasteiger partial charge on any atom is 0.0437 e. The molecular weight excluding hydrogens is 224 g/mol. The fourth-order valence-corrected chi connectivity index (χ4v) is 1.91. The number of pyridine rings is 1. The summed E-state index contributed by atoms with van der Waals surface area (Å²) in [5.41, 5.74) is 7.85. The molecule has 0 radical (unpaired) electrons. The number of rotatable bonds is 5. The van der Waals surface area contributed by atoms with Crippen LogP contribution in [0.3, 0.4) is 0 Å². The van der Waals surface area contributed by atoms with E-state index >= 15 is 0 Å². The summed E-state index contributed by atoms with van der Waals surface area (Å²) in [5, 5.41) is 5.58. The Morgan fingerprint density at radius 1 is 1.28 bits per heavy atom.